The number of carbonyl (C=O) groups excluding carboxylic acids is 3. The van der Waals surface area contributed by atoms with E-state index in [9.17, 15) is 14.4 Å². The lowest BCUT2D eigenvalue weighted by atomic mass is 10.0. The SMILES string of the molecule is COc1ccc(-c2cc(C(=O)OCC(=O)Nc3sccc3C(N)=O)c3ccccc3n2)cc1. The van der Waals surface area contributed by atoms with E-state index in [0.717, 1.165) is 16.9 Å². The molecule has 0 saturated carbocycles. The van der Waals surface area contributed by atoms with Crippen molar-refractivity contribution in [1.29, 1.82) is 0 Å². The van der Waals surface area contributed by atoms with Crippen LogP contribution in [0.25, 0.3) is 22.2 Å². The number of fused-ring (bicyclic) bond motifs is 1. The molecule has 0 atom stereocenters. The molecular weight excluding hydrogens is 442 g/mol. The van der Waals surface area contributed by atoms with E-state index in [1.165, 1.54) is 6.07 Å². The van der Waals surface area contributed by atoms with Crippen molar-refractivity contribution in [3.05, 3.63) is 77.2 Å². The maximum Gasteiger partial charge on any atom is 0.339 e. The Bertz CT molecular complexity index is 1350. The van der Waals surface area contributed by atoms with Gasteiger partial charge in [0.15, 0.2) is 6.61 Å². The van der Waals surface area contributed by atoms with Gasteiger partial charge in [0.2, 0.25) is 0 Å². The van der Waals surface area contributed by atoms with Gasteiger partial charge in [0, 0.05) is 10.9 Å². The second kappa shape index (κ2) is 9.49. The predicted molar refractivity (Wildman–Crippen MR) is 125 cm³/mol. The molecule has 0 fully saturated rings. The summed E-state index contributed by atoms with van der Waals surface area (Å²) in [5.74, 6) is -1.20. The van der Waals surface area contributed by atoms with Crippen LogP contribution in [0, 0.1) is 0 Å². The van der Waals surface area contributed by atoms with E-state index in [2.05, 4.69) is 10.3 Å². The molecule has 4 aromatic rings. The van der Waals surface area contributed by atoms with Crippen LogP contribution in [-0.2, 0) is 9.53 Å². The minimum absolute atomic E-state index is 0.198. The number of amides is 2. The summed E-state index contributed by atoms with van der Waals surface area (Å²) in [4.78, 5) is 41.2. The van der Waals surface area contributed by atoms with Gasteiger partial charge in [-0.1, -0.05) is 18.2 Å². The topological polar surface area (TPSA) is 121 Å². The number of nitrogens with one attached hydrogen (secondary N) is 1. The van der Waals surface area contributed by atoms with Crippen LogP contribution >= 0.6 is 11.3 Å². The molecule has 2 amide bonds. The first-order chi connectivity index (χ1) is 16.0. The van der Waals surface area contributed by atoms with Gasteiger partial charge in [-0.2, -0.15) is 0 Å². The Balaban J connectivity index is 1.56. The van der Waals surface area contributed by atoms with Gasteiger partial charge in [-0.05, 0) is 47.8 Å². The third-order valence-electron chi connectivity index (χ3n) is 4.84. The Kier molecular flexibility index (Phi) is 6.32. The number of rotatable bonds is 7. The Morgan fingerprint density at radius 3 is 2.52 bits per heavy atom. The van der Waals surface area contributed by atoms with E-state index in [0.29, 0.717) is 27.3 Å². The number of methoxy groups -OCH3 is 1. The number of esters is 1. The highest BCUT2D eigenvalue weighted by atomic mass is 32.1. The van der Waals surface area contributed by atoms with Crippen molar-refractivity contribution in [2.45, 2.75) is 0 Å². The fraction of sp³-hybridized carbons (Fsp3) is 0.0833. The maximum atomic E-state index is 12.9. The summed E-state index contributed by atoms with van der Waals surface area (Å²) >= 11 is 1.15. The molecule has 0 saturated heterocycles. The lowest BCUT2D eigenvalue weighted by Gasteiger charge is -2.11. The number of carbonyl (C=O) groups is 3. The highest BCUT2D eigenvalue weighted by Crippen LogP contribution is 2.27. The average molecular weight is 461 g/mol. The summed E-state index contributed by atoms with van der Waals surface area (Å²) in [6.45, 7) is -0.524. The van der Waals surface area contributed by atoms with Crippen LogP contribution in [0.5, 0.6) is 5.75 Å². The van der Waals surface area contributed by atoms with Gasteiger partial charge in [0.05, 0.1) is 29.4 Å². The average Bonchev–Trinajstić information content (AvgIpc) is 3.30. The normalized spacial score (nSPS) is 10.6. The van der Waals surface area contributed by atoms with Gasteiger partial charge < -0.3 is 20.5 Å². The highest BCUT2D eigenvalue weighted by Gasteiger charge is 2.18. The molecule has 0 aliphatic heterocycles. The molecule has 33 heavy (non-hydrogen) atoms. The fourth-order valence-corrected chi connectivity index (χ4v) is 4.03. The van der Waals surface area contributed by atoms with Crippen molar-refractivity contribution in [3.63, 3.8) is 0 Å². The fourth-order valence-electron chi connectivity index (χ4n) is 3.23. The molecule has 9 heteroatoms. The molecule has 0 radical (unpaired) electrons. The van der Waals surface area contributed by atoms with Crippen molar-refractivity contribution in [3.8, 4) is 17.0 Å². The van der Waals surface area contributed by atoms with Crippen molar-refractivity contribution in [2.75, 3.05) is 19.0 Å². The minimum atomic E-state index is -0.667. The van der Waals surface area contributed by atoms with Gasteiger partial charge in [0.25, 0.3) is 11.8 Å². The molecule has 2 aromatic carbocycles. The largest absolute Gasteiger partial charge is 0.497 e. The Hall–Kier alpha value is -4.24. The number of primary amides is 1. The zero-order chi connectivity index (χ0) is 23.4. The van der Waals surface area contributed by atoms with Crippen LogP contribution in [0.3, 0.4) is 0 Å². The number of aromatic nitrogens is 1. The van der Waals surface area contributed by atoms with Gasteiger partial charge in [-0.25, -0.2) is 9.78 Å². The van der Waals surface area contributed by atoms with Gasteiger partial charge >= 0.3 is 5.97 Å². The number of hydrogen-bond donors (Lipinski definition) is 2. The van der Waals surface area contributed by atoms with E-state index in [4.69, 9.17) is 15.2 Å². The van der Waals surface area contributed by atoms with Crippen LogP contribution < -0.4 is 15.8 Å². The molecule has 8 nitrogen and oxygen atoms in total. The van der Waals surface area contributed by atoms with Crippen molar-refractivity contribution < 1.29 is 23.9 Å². The second-order valence-electron chi connectivity index (χ2n) is 6.95. The quantitative estimate of drug-likeness (QED) is 0.403. The van der Waals surface area contributed by atoms with Crippen LogP contribution in [0.4, 0.5) is 5.00 Å². The zero-order valence-electron chi connectivity index (χ0n) is 17.5. The molecule has 166 valence electrons. The van der Waals surface area contributed by atoms with Crippen LogP contribution in [0.15, 0.2) is 66.0 Å². The molecule has 0 aliphatic rings. The number of benzene rings is 2. The molecule has 2 aromatic heterocycles. The summed E-state index contributed by atoms with van der Waals surface area (Å²) in [6.07, 6.45) is 0. The Labute approximate surface area is 193 Å². The molecule has 0 spiro atoms. The summed E-state index contributed by atoms with van der Waals surface area (Å²) in [5, 5.41) is 5.08. The lowest BCUT2D eigenvalue weighted by molar-refractivity contribution is -0.119. The van der Waals surface area contributed by atoms with Crippen LogP contribution in [0.2, 0.25) is 0 Å². The molecule has 0 aliphatic carbocycles. The Morgan fingerprint density at radius 2 is 1.79 bits per heavy atom. The molecular formula is C24H19N3O5S. The number of nitrogens with two attached hydrogens (primary N) is 1. The summed E-state index contributed by atoms with van der Waals surface area (Å²) in [6, 6.07) is 17.6. The number of hydrogen-bond acceptors (Lipinski definition) is 7. The Morgan fingerprint density at radius 1 is 1.03 bits per heavy atom. The first-order valence-corrected chi connectivity index (χ1v) is 10.7. The number of thiophene rings is 1. The predicted octanol–water partition coefficient (Wildman–Crippen LogP) is 3.87. The first kappa shape index (κ1) is 22.0. The second-order valence-corrected chi connectivity index (χ2v) is 7.87. The molecule has 0 bridgehead atoms. The van der Waals surface area contributed by atoms with Crippen LogP contribution in [0.1, 0.15) is 20.7 Å². The van der Waals surface area contributed by atoms with E-state index in [-0.39, 0.29) is 11.1 Å². The van der Waals surface area contributed by atoms with E-state index < -0.39 is 24.4 Å². The molecule has 2 heterocycles. The maximum absolute atomic E-state index is 12.9. The standard InChI is InChI=1S/C24H19N3O5S/c1-31-15-8-6-14(7-9-15)20-12-18(16-4-2-3-5-19(16)26-20)24(30)32-13-21(28)27-23-17(22(25)29)10-11-33-23/h2-12H,13H2,1H3,(H2,25,29)(H,27,28). The summed E-state index contributed by atoms with van der Waals surface area (Å²) in [5.41, 5.74) is 7.76. The van der Waals surface area contributed by atoms with Gasteiger partial charge in [0.1, 0.15) is 10.8 Å². The number of para-hydroxylation sites is 1. The summed E-state index contributed by atoms with van der Waals surface area (Å²) in [7, 11) is 1.58. The summed E-state index contributed by atoms with van der Waals surface area (Å²) < 4.78 is 10.5. The van der Waals surface area contributed by atoms with E-state index >= 15 is 0 Å². The minimum Gasteiger partial charge on any atom is -0.497 e. The smallest absolute Gasteiger partial charge is 0.339 e. The van der Waals surface area contributed by atoms with Crippen molar-refractivity contribution >= 4 is 45.0 Å². The van der Waals surface area contributed by atoms with Gasteiger partial charge in [-0.15, -0.1) is 11.3 Å². The number of pyridine rings is 1. The van der Waals surface area contributed by atoms with E-state index in [1.54, 1.807) is 48.9 Å². The lowest BCUT2D eigenvalue weighted by Crippen LogP contribution is -2.22. The monoisotopic (exact) mass is 461 g/mol. The van der Waals surface area contributed by atoms with Crippen molar-refractivity contribution in [2.24, 2.45) is 5.73 Å². The van der Waals surface area contributed by atoms with Gasteiger partial charge in [-0.3, -0.25) is 9.59 Å². The highest BCUT2D eigenvalue weighted by molar-refractivity contribution is 7.14. The number of anilines is 1. The third-order valence-corrected chi connectivity index (χ3v) is 5.67. The van der Waals surface area contributed by atoms with E-state index in [1.807, 2.05) is 18.2 Å². The first-order valence-electron chi connectivity index (χ1n) is 9.84. The molecule has 3 N–H and O–H groups in total. The number of ether oxygens (including phenoxy) is 2. The van der Waals surface area contributed by atoms with Crippen molar-refractivity contribution in [1.82, 2.24) is 4.98 Å². The zero-order valence-corrected chi connectivity index (χ0v) is 18.3. The molecule has 4 rings (SSSR count). The van der Waals surface area contributed by atoms with Crippen LogP contribution in [-0.4, -0.2) is 36.5 Å². The molecule has 0 unspecified atom stereocenters. The third kappa shape index (κ3) is 4.83. The number of nitrogens with zero attached hydrogens (tertiary/aromatic N) is 1.